The normalized spacial score (nSPS) is 10.9. The van der Waals surface area contributed by atoms with Gasteiger partial charge in [-0.1, -0.05) is 17.7 Å². The number of imidazole rings is 1. The smallest absolute Gasteiger partial charge is 0.319 e. The Morgan fingerprint density at radius 3 is 2.78 bits per heavy atom. The maximum absolute atomic E-state index is 12.8. The van der Waals surface area contributed by atoms with Gasteiger partial charge in [-0.25, -0.2) is 4.98 Å². The fourth-order valence-corrected chi connectivity index (χ4v) is 2.16. The van der Waals surface area contributed by atoms with E-state index in [9.17, 15) is 13.6 Å². The predicted octanol–water partition coefficient (Wildman–Crippen LogP) is 2.93. The SMILES string of the molecule is Cc1ccc(OCC(=O)N(C)Cc2nccn2C(F)F)c(C)c1. The first-order valence-electron chi connectivity index (χ1n) is 7.12. The molecular formula is C16H19F2N3O2. The number of carbonyl (C=O) groups excluding carboxylic acids is 1. The van der Waals surface area contributed by atoms with E-state index < -0.39 is 6.55 Å². The molecule has 23 heavy (non-hydrogen) atoms. The monoisotopic (exact) mass is 323 g/mol. The Morgan fingerprint density at radius 1 is 1.39 bits per heavy atom. The van der Waals surface area contributed by atoms with Crippen LogP contribution < -0.4 is 4.74 Å². The zero-order valence-corrected chi connectivity index (χ0v) is 13.3. The van der Waals surface area contributed by atoms with Gasteiger partial charge in [0.2, 0.25) is 0 Å². The number of alkyl halides is 2. The lowest BCUT2D eigenvalue weighted by Crippen LogP contribution is -2.32. The topological polar surface area (TPSA) is 47.4 Å². The van der Waals surface area contributed by atoms with Gasteiger partial charge in [-0.05, 0) is 25.5 Å². The maximum Gasteiger partial charge on any atom is 0.319 e. The number of rotatable bonds is 6. The van der Waals surface area contributed by atoms with E-state index in [4.69, 9.17) is 4.74 Å². The van der Waals surface area contributed by atoms with E-state index in [0.29, 0.717) is 5.75 Å². The summed E-state index contributed by atoms with van der Waals surface area (Å²) in [5.74, 6) is 0.447. The molecule has 0 radical (unpaired) electrons. The average Bonchev–Trinajstić information content (AvgIpc) is 2.94. The van der Waals surface area contributed by atoms with Gasteiger partial charge in [0.25, 0.3) is 5.91 Å². The summed E-state index contributed by atoms with van der Waals surface area (Å²) in [6.07, 6.45) is 2.47. The first-order valence-corrected chi connectivity index (χ1v) is 7.12. The Hall–Kier alpha value is -2.44. The summed E-state index contributed by atoms with van der Waals surface area (Å²) in [5, 5.41) is 0. The standard InChI is InChI=1S/C16H19F2N3O2/c1-11-4-5-13(12(2)8-11)23-10-15(22)20(3)9-14-19-6-7-21(14)16(17)18/h4-8,16H,9-10H2,1-3H3. The minimum absolute atomic E-state index is 0.00753. The molecule has 0 aliphatic carbocycles. The minimum Gasteiger partial charge on any atom is -0.484 e. The first-order chi connectivity index (χ1) is 10.9. The van der Waals surface area contributed by atoms with Crippen LogP contribution in [0.15, 0.2) is 30.6 Å². The van der Waals surface area contributed by atoms with Gasteiger partial charge in [0.15, 0.2) is 6.61 Å². The summed E-state index contributed by atoms with van der Waals surface area (Å²) in [4.78, 5) is 17.2. The van der Waals surface area contributed by atoms with Crippen LogP contribution in [0.2, 0.25) is 0 Å². The van der Waals surface area contributed by atoms with Crippen LogP contribution in [0.25, 0.3) is 0 Å². The molecule has 1 amide bonds. The van der Waals surface area contributed by atoms with Gasteiger partial charge in [-0.15, -0.1) is 0 Å². The van der Waals surface area contributed by atoms with E-state index in [1.165, 1.54) is 24.3 Å². The second kappa shape index (κ2) is 7.21. The quantitative estimate of drug-likeness (QED) is 0.821. The number of carbonyl (C=O) groups is 1. The van der Waals surface area contributed by atoms with Crippen LogP contribution >= 0.6 is 0 Å². The number of nitrogens with zero attached hydrogens (tertiary/aromatic N) is 3. The van der Waals surface area contributed by atoms with Crippen molar-refractivity contribution in [2.75, 3.05) is 13.7 Å². The van der Waals surface area contributed by atoms with Crippen molar-refractivity contribution in [3.63, 3.8) is 0 Å². The zero-order chi connectivity index (χ0) is 17.0. The van der Waals surface area contributed by atoms with E-state index >= 15 is 0 Å². The lowest BCUT2D eigenvalue weighted by molar-refractivity contribution is -0.132. The number of likely N-dealkylation sites (N-methyl/N-ethyl adjacent to an activating group) is 1. The Kier molecular flexibility index (Phi) is 5.31. The number of hydrogen-bond acceptors (Lipinski definition) is 3. The molecule has 0 saturated heterocycles. The Labute approximate surface area is 133 Å². The lowest BCUT2D eigenvalue weighted by Gasteiger charge is -2.18. The molecule has 0 unspecified atom stereocenters. The van der Waals surface area contributed by atoms with E-state index in [2.05, 4.69) is 4.98 Å². The summed E-state index contributed by atoms with van der Waals surface area (Å²) >= 11 is 0. The number of ether oxygens (including phenoxy) is 1. The van der Waals surface area contributed by atoms with E-state index in [0.717, 1.165) is 15.7 Å². The highest BCUT2D eigenvalue weighted by Crippen LogP contribution is 2.19. The summed E-state index contributed by atoms with van der Waals surface area (Å²) in [6, 6.07) is 5.67. The fourth-order valence-electron chi connectivity index (χ4n) is 2.16. The van der Waals surface area contributed by atoms with Gasteiger partial charge >= 0.3 is 6.55 Å². The molecule has 2 rings (SSSR count). The first kappa shape index (κ1) is 16.9. The molecule has 0 spiro atoms. The summed E-state index contributed by atoms with van der Waals surface area (Å²) in [7, 11) is 1.53. The third-order valence-corrected chi connectivity index (χ3v) is 3.45. The molecule has 7 heteroatoms. The molecule has 1 heterocycles. The van der Waals surface area contributed by atoms with Gasteiger partial charge in [0.1, 0.15) is 11.6 Å². The maximum atomic E-state index is 12.8. The van der Waals surface area contributed by atoms with Crippen molar-refractivity contribution in [3.8, 4) is 5.75 Å². The second-order valence-corrected chi connectivity index (χ2v) is 5.34. The third kappa shape index (κ3) is 4.28. The predicted molar refractivity (Wildman–Crippen MR) is 81.4 cm³/mol. The van der Waals surface area contributed by atoms with Gasteiger partial charge in [-0.3, -0.25) is 9.36 Å². The van der Waals surface area contributed by atoms with Crippen molar-refractivity contribution in [2.45, 2.75) is 26.9 Å². The van der Waals surface area contributed by atoms with Gasteiger partial charge in [0.05, 0.1) is 6.54 Å². The van der Waals surface area contributed by atoms with Crippen molar-refractivity contribution in [1.82, 2.24) is 14.5 Å². The Morgan fingerprint density at radius 2 is 2.13 bits per heavy atom. The Balaban J connectivity index is 1.93. The number of hydrogen-bond donors (Lipinski definition) is 0. The molecule has 0 aliphatic rings. The summed E-state index contributed by atoms with van der Waals surface area (Å²) in [5.41, 5.74) is 2.05. The van der Waals surface area contributed by atoms with Crippen molar-refractivity contribution in [1.29, 1.82) is 0 Å². The number of aryl methyl sites for hydroxylation is 2. The zero-order valence-electron chi connectivity index (χ0n) is 13.3. The van der Waals surface area contributed by atoms with Crippen LogP contribution in [-0.2, 0) is 11.3 Å². The van der Waals surface area contributed by atoms with Crippen molar-refractivity contribution in [2.24, 2.45) is 0 Å². The molecule has 1 aromatic heterocycles. The number of aromatic nitrogens is 2. The summed E-state index contributed by atoms with van der Waals surface area (Å²) in [6.45, 7) is 1.03. The highest BCUT2D eigenvalue weighted by Gasteiger charge is 2.16. The van der Waals surface area contributed by atoms with Gasteiger partial charge < -0.3 is 9.64 Å². The van der Waals surface area contributed by atoms with Crippen molar-refractivity contribution < 1.29 is 18.3 Å². The molecule has 2 aromatic rings. The summed E-state index contributed by atoms with van der Waals surface area (Å²) < 4.78 is 31.7. The van der Waals surface area contributed by atoms with Gasteiger partial charge in [0, 0.05) is 19.4 Å². The van der Waals surface area contributed by atoms with Crippen molar-refractivity contribution >= 4 is 5.91 Å². The molecule has 124 valence electrons. The number of halogens is 2. The molecule has 0 aliphatic heterocycles. The molecule has 0 bridgehead atoms. The van der Waals surface area contributed by atoms with Crippen LogP contribution in [0.4, 0.5) is 8.78 Å². The third-order valence-electron chi connectivity index (χ3n) is 3.45. The molecule has 5 nitrogen and oxygen atoms in total. The number of benzene rings is 1. The highest BCUT2D eigenvalue weighted by molar-refractivity contribution is 5.77. The van der Waals surface area contributed by atoms with Crippen LogP contribution in [0, 0.1) is 13.8 Å². The van der Waals surface area contributed by atoms with E-state index in [1.54, 1.807) is 6.07 Å². The molecule has 0 saturated carbocycles. The average molecular weight is 323 g/mol. The fraction of sp³-hybridized carbons (Fsp3) is 0.375. The van der Waals surface area contributed by atoms with E-state index in [-0.39, 0.29) is 24.9 Å². The van der Waals surface area contributed by atoms with Crippen LogP contribution in [0.1, 0.15) is 23.5 Å². The molecule has 0 atom stereocenters. The Bertz CT molecular complexity index is 686. The van der Waals surface area contributed by atoms with Gasteiger partial charge in [-0.2, -0.15) is 8.78 Å². The molecule has 1 aromatic carbocycles. The largest absolute Gasteiger partial charge is 0.484 e. The van der Waals surface area contributed by atoms with Crippen LogP contribution in [0.5, 0.6) is 5.75 Å². The van der Waals surface area contributed by atoms with E-state index in [1.807, 2.05) is 26.0 Å². The highest BCUT2D eigenvalue weighted by atomic mass is 19.3. The van der Waals surface area contributed by atoms with Crippen LogP contribution in [-0.4, -0.2) is 34.0 Å². The molecule has 0 fully saturated rings. The number of amides is 1. The second-order valence-electron chi connectivity index (χ2n) is 5.34. The lowest BCUT2D eigenvalue weighted by atomic mass is 10.1. The van der Waals surface area contributed by atoms with Crippen LogP contribution in [0.3, 0.4) is 0 Å². The molecular weight excluding hydrogens is 304 g/mol. The minimum atomic E-state index is -2.68. The molecule has 0 N–H and O–H groups in total. The van der Waals surface area contributed by atoms with Crippen molar-refractivity contribution in [3.05, 3.63) is 47.5 Å².